The summed E-state index contributed by atoms with van der Waals surface area (Å²) in [6.07, 6.45) is 0. The summed E-state index contributed by atoms with van der Waals surface area (Å²) in [5.41, 5.74) is 0. The van der Waals surface area contributed by atoms with Crippen LogP contribution in [0.5, 0.6) is 0 Å². The monoisotopic (exact) mass is 129 g/mol. The number of hydrogen-bond donors (Lipinski definition) is 2. The van der Waals surface area contributed by atoms with E-state index >= 15 is 0 Å². The van der Waals surface area contributed by atoms with E-state index in [1.54, 1.807) is 0 Å². The molecule has 0 atom stereocenters. The molecule has 3 heteroatoms. The Morgan fingerprint density at radius 3 is 2.67 bits per heavy atom. The van der Waals surface area contributed by atoms with Crippen LogP contribution < -0.4 is 10.6 Å². The van der Waals surface area contributed by atoms with Crippen molar-refractivity contribution in [3.8, 4) is 0 Å². The van der Waals surface area contributed by atoms with Crippen molar-refractivity contribution in [2.45, 2.75) is 0 Å². The largest absolute Gasteiger partial charge is 0.314 e. The molecule has 0 radical (unpaired) electrons. The van der Waals surface area contributed by atoms with Gasteiger partial charge in [0.25, 0.3) is 0 Å². The second kappa shape index (κ2) is 3.82. The Labute approximate surface area is 56.4 Å². The minimum absolute atomic E-state index is 1.03. The third-order valence-electron chi connectivity index (χ3n) is 1.59. The Kier molecular flexibility index (Phi) is 2.97. The number of rotatable bonds is 2. The molecule has 1 aliphatic heterocycles. The maximum absolute atomic E-state index is 3.30. The van der Waals surface area contributed by atoms with E-state index in [-0.39, 0.29) is 0 Å². The summed E-state index contributed by atoms with van der Waals surface area (Å²) in [6, 6.07) is 0. The van der Waals surface area contributed by atoms with E-state index in [1.807, 2.05) is 7.05 Å². The smallest absolute Gasteiger partial charge is 0.0479 e. The van der Waals surface area contributed by atoms with E-state index < -0.39 is 0 Å². The minimum Gasteiger partial charge on any atom is -0.314 e. The fraction of sp³-hybridized carbons (Fsp3) is 1.00. The lowest BCUT2D eigenvalue weighted by molar-refractivity contribution is 0.230. The van der Waals surface area contributed by atoms with Gasteiger partial charge >= 0.3 is 0 Å². The van der Waals surface area contributed by atoms with Crippen molar-refractivity contribution >= 4 is 0 Å². The van der Waals surface area contributed by atoms with Crippen LogP contribution in [0.25, 0.3) is 0 Å². The summed E-state index contributed by atoms with van der Waals surface area (Å²) < 4.78 is 0. The third kappa shape index (κ3) is 2.30. The minimum atomic E-state index is 1.03. The molecule has 0 unspecified atom stereocenters. The van der Waals surface area contributed by atoms with Crippen LogP contribution in [0.3, 0.4) is 0 Å². The molecule has 1 heterocycles. The molecule has 1 saturated heterocycles. The molecule has 54 valence electrons. The van der Waals surface area contributed by atoms with Gasteiger partial charge in [0.05, 0.1) is 0 Å². The summed E-state index contributed by atoms with van der Waals surface area (Å²) in [6.45, 7) is 5.67. The van der Waals surface area contributed by atoms with Crippen LogP contribution in [0.1, 0.15) is 0 Å². The first-order valence-electron chi connectivity index (χ1n) is 3.51. The van der Waals surface area contributed by atoms with Gasteiger partial charge in [-0.25, -0.2) is 0 Å². The first-order valence-corrected chi connectivity index (χ1v) is 3.51. The molecular formula is C6H15N3. The van der Waals surface area contributed by atoms with Crippen LogP contribution >= 0.6 is 0 Å². The first kappa shape index (κ1) is 6.99. The molecule has 1 aliphatic rings. The molecule has 0 aromatic heterocycles. The third-order valence-corrected chi connectivity index (χ3v) is 1.59. The molecule has 1 rings (SSSR count). The lowest BCUT2D eigenvalue weighted by Crippen LogP contribution is -2.46. The molecule has 1 fully saturated rings. The van der Waals surface area contributed by atoms with Gasteiger partial charge in [0.1, 0.15) is 0 Å². The lowest BCUT2D eigenvalue weighted by atomic mass is 10.4. The summed E-state index contributed by atoms with van der Waals surface area (Å²) in [7, 11) is 1.99. The summed E-state index contributed by atoms with van der Waals surface area (Å²) in [4.78, 5) is 2.40. The Hall–Kier alpha value is -0.120. The van der Waals surface area contributed by atoms with Crippen LogP contribution in [-0.4, -0.2) is 44.8 Å². The zero-order valence-electron chi connectivity index (χ0n) is 5.98. The molecule has 0 saturated carbocycles. The van der Waals surface area contributed by atoms with Crippen molar-refractivity contribution in [2.75, 3.05) is 39.9 Å². The molecule has 0 aromatic rings. The molecule has 0 aromatic carbocycles. The van der Waals surface area contributed by atoms with E-state index in [1.165, 1.54) is 13.1 Å². The van der Waals surface area contributed by atoms with Crippen molar-refractivity contribution in [1.29, 1.82) is 0 Å². The predicted molar refractivity (Wildman–Crippen MR) is 38.4 cm³/mol. The zero-order chi connectivity index (χ0) is 6.53. The van der Waals surface area contributed by atoms with Crippen LogP contribution in [0.15, 0.2) is 0 Å². The van der Waals surface area contributed by atoms with E-state index in [0.29, 0.717) is 0 Å². The Morgan fingerprint density at radius 2 is 2.11 bits per heavy atom. The fourth-order valence-corrected chi connectivity index (χ4v) is 1.09. The zero-order valence-corrected chi connectivity index (χ0v) is 5.98. The lowest BCUT2D eigenvalue weighted by Gasteiger charge is -2.26. The molecule has 0 amide bonds. The highest BCUT2D eigenvalue weighted by Crippen LogP contribution is 1.87. The quantitative estimate of drug-likeness (QED) is 0.504. The van der Waals surface area contributed by atoms with E-state index in [0.717, 1.165) is 19.8 Å². The number of nitrogens with one attached hydrogen (secondary N) is 2. The highest BCUT2D eigenvalue weighted by molar-refractivity contribution is 4.65. The summed E-state index contributed by atoms with van der Waals surface area (Å²) in [5.74, 6) is 0. The van der Waals surface area contributed by atoms with Gasteiger partial charge in [-0.1, -0.05) is 0 Å². The Balaban J connectivity index is 2.08. The van der Waals surface area contributed by atoms with Gasteiger partial charge in [-0.2, -0.15) is 0 Å². The molecular weight excluding hydrogens is 114 g/mol. The molecule has 0 aliphatic carbocycles. The van der Waals surface area contributed by atoms with Crippen LogP contribution in [0.4, 0.5) is 0 Å². The van der Waals surface area contributed by atoms with Crippen molar-refractivity contribution in [3.05, 3.63) is 0 Å². The second-order valence-corrected chi connectivity index (χ2v) is 2.38. The molecule has 2 N–H and O–H groups in total. The van der Waals surface area contributed by atoms with Gasteiger partial charge in [0.2, 0.25) is 0 Å². The summed E-state index contributed by atoms with van der Waals surface area (Å²) in [5, 5.41) is 6.44. The van der Waals surface area contributed by atoms with Crippen LogP contribution in [0, 0.1) is 0 Å². The SMILES string of the molecule is CNCN1CCNCC1. The van der Waals surface area contributed by atoms with Gasteiger partial charge in [0, 0.05) is 32.8 Å². The first-order chi connectivity index (χ1) is 4.43. The number of piperazine rings is 1. The average molecular weight is 129 g/mol. The number of nitrogens with zero attached hydrogens (tertiary/aromatic N) is 1. The van der Waals surface area contributed by atoms with Crippen molar-refractivity contribution in [1.82, 2.24) is 15.5 Å². The topological polar surface area (TPSA) is 27.3 Å². The van der Waals surface area contributed by atoms with Crippen molar-refractivity contribution < 1.29 is 0 Å². The van der Waals surface area contributed by atoms with Gasteiger partial charge < -0.3 is 10.6 Å². The standard InChI is InChI=1S/C6H15N3/c1-7-6-9-4-2-8-3-5-9/h7-8H,2-6H2,1H3. The van der Waals surface area contributed by atoms with E-state index in [4.69, 9.17) is 0 Å². The van der Waals surface area contributed by atoms with Crippen LogP contribution in [0.2, 0.25) is 0 Å². The predicted octanol–water partition coefficient (Wildman–Crippen LogP) is -0.931. The maximum Gasteiger partial charge on any atom is 0.0479 e. The maximum atomic E-state index is 3.30. The summed E-state index contributed by atoms with van der Waals surface area (Å²) >= 11 is 0. The fourth-order valence-electron chi connectivity index (χ4n) is 1.09. The molecule has 3 nitrogen and oxygen atoms in total. The van der Waals surface area contributed by atoms with Crippen LogP contribution in [-0.2, 0) is 0 Å². The highest BCUT2D eigenvalue weighted by Gasteiger charge is 2.06. The molecule has 0 bridgehead atoms. The Bertz CT molecular complexity index is 65.9. The van der Waals surface area contributed by atoms with Gasteiger partial charge in [-0.05, 0) is 7.05 Å². The van der Waals surface area contributed by atoms with Gasteiger partial charge in [-0.15, -0.1) is 0 Å². The van der Waals surface area contributed by atoms with E-state index in [9.17, 15) is 0 Å². The number of hydrogen-bond acceptors (Lipinski definition) is 3. The van der Waals surface area contributed by atoms with Gasteiger partial charge in [-0.3, -0.25) is 4.90 Å². The van der Waals surface area contributed by atoms with Gasteiger partial charge in [0.15, 0.2) is 0 Å². The molecule has 9 heavy (non-hydrogen) atoms. The van der Waals surface area contributed by atoms with Crippen molar-refractivity contribution in [2.24, 2.45) is 0 Å². The Morgan fingerprint density at radius 1 is 1.44 bits per heavy atom. The second-order valence-electron chi connectivity index (χ2n) is 2.38. The normalized spacial score (nSPS) is 22.3. The highest BCUT2D eigenvalue weighted by atomic mass is 15.2. The molecule has 0 spiro atoms. The van der Waals surface area contributed by atoms with Crippen molar-refractivity contribution in [3.63, 3.8) is 0 Å². The van der Waals surface area contributed by atoms with E-state index in [2.05, 4.69) is 15.5 Å². The average Bonchev–Trinajstić information content (AvgIpc) is 1.91.